The second-order valence-corrected chi connectivity index (χ2v) is 5.84. The quantitative estimate of drug-likeness (QED) is 0.915. The maximum absolute atomic E-state index is 12.4. The van der Waals surface area contributed by atoms with E-state index in [0.29, 0.717) is 12.1 Å². The van der Waals surface area contributed by atoms with E-state index >= 15 is 0 Å². The highest BCUT2D eigenvalue weighted by Crippen LogP contribution is 2.30. The molecule has 5 nitrogen and oxygen atoms in total. The number of nitrogens with one attached hydrogen (secondary N) is 1. The maximum atomic E-state index is 12.4. The molecule has 1 heterocycles. The molecule has 2 amide bonds. The molecule has 124 valence electrons. The van der Waals surface area contributed by atoms with Gasteiger partial charge in [0.2, 0.25) is 0 Å². The lowest BCUT2D eigenvalue weighted by molar-refractivity contribution is 0.102. The van der Waals surface area contributed by atoms with Crippen LogP contribution in [-0.4, -0.2) is 25.7 Å². The minimum Gasteiger partial charge on any atom is -0.452 e. The Balaban J connectivity index is 1.83. The van der Waals surface area contributed by atoms with Crippen molar-refractivity contribution in [2.45, 2.75) is 19.8 Å². The predicted octanol–water partition coefficient (Wildman–Crippen LogP) is 3.77. The Bertz CT molecular complexity index is 786. The van der Waals surface area contributed by atoms with E-state index in [1.165, 1.54) is 7.11 Å². The van der Waals surface area contributed by atoms with Gasteiger partial charge in [0.25, 0.3) is 5.91 Å². The fourth-order valence-corrected chi connectivity index (χ4v) is 3.00. The van der Waals surface area contributed by atoms with Crippen molar-refractivity contribution in [1.29, 1.82) is 0 Å². The lowest BCUT2D eigenvalue weighted by atomic mass is 10.0. The highest BCUT2D eigenvalue weighted by molar-refractivity contribution is 6.05. The highest BCUT2D eigenvalue weighted by Gasteiger charge is 2.23. The molecular formula is C19H20N2O3. The van der Waals surface area contributed by atoms with Crippen molar-refractivity contribution in [1.82, 2.24) is 0 Å². The second kappa shape index (κ2) is 6.74. The van der Waals surface area contributed by atoms with Crippen LogP contribution in [0.4, 0.5) is 16.2 Å². The van der Waals surface area contributed by atoms with E-state index in [-0.39, 0.29) is 12.0 Å². The Morgan fingerprint density at radius 2 is 1.96 bits per heavy atom. The monoisotopic (exact) mass is 324 g/mol. The molecule has 24 heavy (non-hydrogen) atoms. The van der Waals surface area contributed by atoms with Crippen molar-refractivity contribution in [2.75, 3.05) is 23.9 Å². The summed E-state index contributed by atoms with van der Waals surface area (Å²) in [6, 6.07) is 13.1. The fourth-order valence-electron chi connectivity index (χ4n) is 3.00. The first-order valence-corrected chi connectivity index (χ1v) is 7.95. The van der Waals surface area contributed by atoms with Crippen LogP contribution < -0.4 is 10.2 Å². The lowest BCUT2D eigenvalue weighted by Gasteiger charge is -2.28. The Labute approximate surface area is 141 Å². The number of carbonyl (C=O) groups is 2. The number of hydrogen-bond donors (Lipinski definition) is 1. The zero-order valence-electron chi connectivity index (χ0n) is 13.8. The number of rotatable bonds is 2. The van der Waals surface area contributed by atoms with Crippen molar-refractivity contribution in [3.05, 3.63) is 59.2 Å². The Hall–Kier alpha value is -2.82. The first-order chi connectivity index (χ1) is 11.6. The van der Waals surface area contributed by atoms with E-state index in [2.05, 4.69) is 5.32 Å². The standard InChI is InChI=1S/C19H20N2O3/c1-13-6-3-4-8-16(13)18(22)20-15-9-10-17-14(12-15)7-5-11-21(17)19(23)24-2/h3-4,6,8-10,12H,5,7,11H2,1-2H3,(H,20,22). The summed E-state index contributed by atoms with van der Waals surface area (Å²) in [7, 11) is 1.38. The number of benzene rings is 2. The molecule has 0 radical (unpaired) electrons. The van der Waals surface area contributed by atoms with Gasteiger partial charge in [0.05, 0.1) is 12.8 Å². The summed E-state index contributed by atoms with van der Waals surface area (Å²) >= 11 is 0. The van der Waals surface area contributed by atoms with E-state index < -0.39 is 0 Å². The zero-order valence-corrected chi connectivity index (χ0v) is 13.8. The Kier molecular flexibility index (Phi) is 4.51. The summed E-state index contributed by atoms with van der Waals surface area (Å²) < 4.78 is 4.83. The topological polar surface area (TPSA) is 58.6 Å². The molecule has 0 bridgehead atoms. The molecule has 3 rings (SSSR count). The number of amides is 2. The van der Waals surface area contributed by atoms with Gasteiger partial charge in [-0.15, -0.1) is 0 Å². The van der Waals surface area contributed by atoms with Gasteiger partial charge in [-0.3, -0.25) is 9.69 Å². The summed E-state index contributed by atoms with van der Waals surface area (Å²) in [4.78, 5) is 25.9. The summed E-state index contributed by atoms with van der Waals surface area (Å²) in [6.45, 7) is 2.56. The fraction of sp³-hybridized carbons (Fsp3) is 0.263. The van der Waals surface area contributed by atoms with Crippen molar-refractivity contribution < 1.29 is 14.3 Å². The van der Waals surface area contributed by atoms with Crippen molar-refractivity contribution in [3.8, 4) is 0 Å². The van der Waals surface area contributed by atoms with E-state index in [4.69, 9.17) is 4.74 Å². The van der Waals surface area contributed by atoms with Crippen LogP contribution in [0.25, 0.3) is 0 Å². The van der Waals surface area contributed by atoms with E-state index in [1.807, 2.05) is 49.4 Å². The molecule has 1 aliphatic heterocycles. The largest absolute Gasteiger partial charge is 0.452 e. The summed E-state index contributed by atoms with van der Waals surface area (Å²) in [5.74, 6) is -0.131. The van der Waals surface area contributed by atoms with Crippen LogP contribution in [0.3, 0.4) is 0 Å². The predicted molar refractivity (Wildman–Crippen MR) is 93.6 cm³/mol. The lowest BCUT2D eigenvalue weighted by Crippen LogP contribution is -2.35. The first kappa shape index (κ1) is 16.1. The number of carbonyl (C=O) groups excluding carboxylic acids is 2. The van der Waals surface area contributed by atoms with Crippen molar-refractivity contribution in [2.24, 2.45) is 0 Å². The van der Waals surface area contributed by atoms with Crippen molar-refractivity contribution in [3.63, 3.8) is 0 Å². The molecule has 2 aromatic rings. The van der Waals surface area contributed by atoms with Gasteiger partial charge in [-0.1, -0.05) is 18.2 Å². The second-order valence-electron chi connectivity index (χ2n) is 5.84. The molecule has 5 heteroatoms. The van der Waals surface area contributed by atoms with Gasteiger partial charge in [-0.2, -0.15) is 0 Å². The number of fused-ring (bicyclic) bond motifs is 1. The Morgan fingerprint density at radius 1 is 1.17 bits per heavy atom. The summed E-state index contributed by atoms with van der Waals surface area (Å²) in [5, 5.41) is 2.93. The molecule has 0 aliphatic carbocycles. The average Bonchev–Trinajstić information content (AvgIpc) is 2.60. The molecular weight excluding hydrogens is 304 g/mol. The van der Waals surface area contributed by atoms with Crippen LogP contribution in [0.5, 0.6) is 0 Å². The van der Waals surface area contributed by atoms with E-state index in [0.717, 1.165) is 35.3 Å². The van der Waals surface area contributed by atoms with Gasteiger partial charge in [0, 0.05) is 17.8 Å². The SMILES string of the molecule is COC(=O)N1CCCc2cc(NC(=O)c3ccccc3C)ccc21. The average molecular weight is 324 g/mol. The van der Waals surface area contributed by atoms with E-state index in [1.54, 1.807) is 4.90 Å². The number of nitrogens with zero attached hydrogens (tertiary/aromatic N) is 1. The van der Waals surface area contributed by atoms with Gasteiger partial charge < -0.3 is 10.1 Å². The van der Waals surface area contributed by atoms with E-state index in [9.17, 15) is 9.59 Å². The third kappa shape index (κ3) is 3.11. The molecule has 0 saturated heterocycles. The van der Waals surface area contributed by atoms with Crippen LogP contribution in [0.2, 0.25) is 0 Å². The molecule has 0 fully saturated rings. The van der Waals surface area contributed by atoms with Gasteiger partial charge >= 0.3 is 6.09 Å². The van der Waals surface area contributed by atoms with Crippen molar-refractivity contribution >= 4 is 23.4 Å². The normalized spacial score (nSPS) is 13.2. The molecule has 0 atom stereocenters. The number of aryl methyl sites for hydroxylation is 2. The van der Waals surface area contributed by atoms with Gasteiger partial charge in [0.15, 0.2) is 0 Å². The summed E-state index contributed by atoms with van der Waals surface area (Å²) in [5.41, 5.74) is 4.21. The highest BCUT2D eigenvalue weighted by atomic mass is 16.5. The third-order valence-corrected chi connectivity index (χ3v) is 4.24. The molecule has 0 saturated carbocycles. The minimum absolute atomic E-state index is 0.131. The third-order valence-electron chi connectivity index (χ3n) is 4.24. The first-order valence-electron chi connectivity index (χ1n) is 7.95. The number of methoxy groups -OCH3 is 1. The molecule has 0 unspecified atom stereocenters. The zero-order chi connectivity index (χ0) is 17.1. The number of ether oxygens (including phenoxy) is 1. The van der Waals surface area contributed by atoms with Crippen LogP contribution in [-0.2, 0) is 11.2 Å². The number of anilines is 2. The maximum Gasteiger partial charge on any atom is 0.414 e. The van der Waals surface area contributed by atoms with Crippen LogP contribution in [0.1, 0.15) is 27.9 Å². The minimum atomic E-state index is -0.354. The van der Waals surface area contributed by atoms with Crippen LogP contribution in [0.15, 0.2) is 42.5 Å². The Morgan fingerprint density at radius 3 is 2.71 bits per heavy atom. The molecule has 0 aromatic heterocycles. The summed E-state index contributed by atoms with van der Waals surface area (Å²) in [6.07, 6.45) is 1.39. The van der Waals surface area contributed by atoms with Gasteiger partial charge in [-0.25, -0.2) is 4.79 Å². The number of hydrogen-bond acceptors (Lipinski definition) is 3. The smallest absolute Gasteiger partial charge is 0.414 e. The van der Waals surface area contributed by atoms with Crippen LogP contribution in [0, 0.1) is 6.92 Å². The molecule has 0 spiro atoms. The van der Waals surface area contributed by atoms with Crippen LogP contribution >= 0.6 is 0 Å². The molecule has 1 aliphatic rings. The molecule has 1 N–H and O–H groups in total. The van der Waals surface area contributed by atoms with Gasteiger partial charge in [-0.05, 0) is 55.2 Å². The molecule has 2 aromatic carbocycles. The van der Waals surface area contributed by atoms with Gasteiger partial charge in [0.1, 0.15) is 0 Å².